The van der Waals surface area contributed by atoms with Gasteiger partial charge in [-0.1, -0.05) is 47.4 Å². The fraction of sp³-hybridized carbons (Fsp3) is 0.250. The van der Waals surface area contributed by atoms with E-state index < -0.39 is 0 Å². The predicted molar refractivity (Wildman–Crippen MR) is 107 cm³/mol. The minimum absolute atomic E-state index is 0.116. The quantitative estimate of drug-likeness (QED) is 0.459. The van der Waals surface area contributed by atoms with Gasteiger partial charge in [0.05, 0.1) is 5.75 Å². The average molecular weight is 400 g/mol. The molecule has 1 aliphatic rings. The third-order valence-corrected chi connectivity index (χ3v) is 6.52. The number of halogens is 1. The molecule has 1 aromatic heterocycles. The van der Waals surface area contributed by atoms with Crippen LogP contribution in [0.15, 0.2) is 46.8 Å². The molecule has 4 rings (SSSR count). The molecule has 0 saturated carbocycles. The number of carbonyl (C=O) groups is 1. The topological polar surface area (TPSA) is 54.9 Å². The minimum Gasteiger partial charge on any atom is -0.356 e. The zero-order valence-corrected chi connectivity index (χ0v) is 16.2. The van der Waals surface area contributed by atoms with Crippen molar-refractivity contribution >= 4 is 34.0 Å². The number of aryl methyl sites for hydroxylation is 2. The van der Waals surface area contributed by atoms with Gasteiger partial charge in [0, 0.05) is 12.1 Å². The van der Waals surface area contributed by atoms with Crippen molar-refractivity contribution in [1.82, 2.24) is 10.2 Å². The van der Waals surface area contributed by atoms with Gasteiger partial charge in [-0.05, 0) is 54.2 Å². The molecule has 0 amide bonds. The average Bonchev–Trinajstić information content (AvgIpc) is 3.34. The number of ketones is 1. The van der Waals surface area contributed by atoms with Crippen molar-refractivity contribution in [2.24, 2.45) is 0 Å². The molecule has 0 bridgehead atoms. The maximum Gasteiger partial charge on any atom is 0.206 e. The zero-order chi connectivity index (χ0) is 18.6. The number of benzene rings is 2. The van der Waals surface area contributed by atoms with E-state index in [2.05, 4.69) is 21.6 Å². The lowest BCUT2D eigenvalue weighted by Crippen LogP contribution is -2.03. The molecule has 27 heavy (non-hydrogen) atoms. The Morgan fingerprint density at radius 3 is 2.78 bits per heavy atom. The van der Waals surface area contributed by atoms with Crippen LogP contribution in [0, 0.1) is 5.82 Å². The third kappa shape index (κ3) is 4.54. The van der Waals surface area contributed by atoms with E-state index in [1.165, 1.54) is 52.8 Å². The van der Waals surface area contributed by atoms with E-state index in [0.717, 1.165) is 28.3 Å². The smallest absolute Gasteiger partial charge is 0.206 e. The van der Waals surface area contributed by atoms with Crippen LogP contribution < -0.4 is 5.32 Å². The van der Waals surface area contributed by atoms with Crippen molar-refractivity contribution in [3.63, 3.8) is 0 Å². The van der Waals surface area contributed by atoms with Gasteiger partial charge in [0.25, 0.3) is 0 Å². The highest BCUT2D eigenvalue weighted by Crippen LogP contribution is 2.28. The molecule has 0 radical (unpaired) electrons. The Bertz CT molecular complexity index is 956. The van der Waals surface area contributed by atoms with Gasteiger partial charge < -0.3 is 5.32 Å². The van der Waals surface area contributed by atoms with E-state index in [-0.39, 0.29) is 11.6 Å². The summed E-state index contributed by atoms with van der Waals surface area (Å²) in [5, 5.41) is 12.1. The highest BCUT2D eigenvalue weighted by molar-refractivity contribution is 8.01. The van der Waals surface area contributed by atoms with E-state index in [1.807, 2.05) is 12.1 Å². The van der Waals surface area contributed by atoms with Gasteiger partial charge in [0.1, 0.15) is 5.82 Å². The number of Topliss-reactive ketones (excluding diaryl/α,β-unsaturated/α-hetero) is 1. The molecule has 0 atom stereocenters. The molecule has 4 nitrogen and oxygen atoms in total. The van der Waals surface area contributed by atoms with E-state index in [1.54, 1.807) is 12.1 Å². The minimum atomic E-state index is -0.249. The number of thioether (sulfide) groups is 1. The van der Waals surface area contributed by atoms with Crippen LogP contribution in [-0.4, -0.2) is 21.7 Å². The van der Waals surface area contributed by atoms with Crippen molar-refractivity contribution in [1.29, 1.82) is 0 Å². The summed E-state index contributed by atoms with van der Waals surface area (Å²) in [4.78, 5) is 12.5. The Morgan fingerprint density at radius 1 is 1.11 bits per heavy atom. The number of rotatable bonds is 7. The van der Waals surface area contributed by atoms with Gasteiger partial charge in [-0.25, -0.2) is 4.39 Å². The van der Waals surface area contributed by atoms with E-state index in [0.29, 0.717) is 17.4 Å². The number of hydrogen-bond donors (Lipinski definition) is 1. The predicted octanol–water partition coefficient (Wildman–Crippen LogP) is 4.75. The summed E-state index contributed by atoms with van der Waals surface area (Å²) >= 11 is 2.82. The first-order valence-corrected chi connectivity index (χ1v) is 10.6. The van der Waals surface area contributed by atoms with Crippen LogP contribution in [0.4, 0.5) is 9.52 Å². The molecular weight excluding hydrogens is 381 g/mol. The summed E-state index contributed by atoms with van der Waals surface area (Å²) in [7, 11) is 0. The zero-order valence-electron chi connectivity index (χ0n) is 14.6. The molecule has 1 heterocycles. The van der Waals surface area contributed by atoms with E-state index in [9.17, 15) is 9.18 Å². The van der Waals surface area contributed by atoms with Gasteiger partial charge in [-0.15, -0.1) is 10.2 Å². The summed E-state index contributed by atoms with van der Waals surface area (Å²) in [5.41, 5.74) is 4.43. The number of carbonyl (C=O) groups excluding carboxylic acids is 1. The SMILES string of the molecule is O=C(CSc1nnc(NCc2ccc(F)cc2)s1)c1ccc2c(c1)CCC2. The molecule has 7 heteroatoms. The summed E-state index contributed by atoms with van der Waals surface area (Å²) in [5.74, 6) is 0.220. The standard InChI is InChI=1S/C20H18FN3OS2/c21-17-8-4-13(5-9-17)11-22-19-23-24-20(27-19)26-12-18(25)16-7-6-14-2-1-3-15(14)10-16/h4-10H,1-3,11-12H2,(H,22,23). The molecule has 138 valence electrons. The monoisotopic (exact) mass is 399 g/mol. The van der Waals surface area contributed by atoms with Crippen LogP contribution in [0.5, 0.6) is 0 Å². The summed E-state index contributed by atoms with van der Waals surface area (Å²) < 4.78 is 13.7. The molecule has 0 fully saturated rings. The largest absolute Gasteiger partial charge is 0.356 e. The third-order valence-electron chi connectivity index (χ3n) is 4.51. The van der Waals surface area contributed by atoms with Crippen molar-refractivity contribution in [2.75, 3.05) is 11.1 Å². The fourth-order valence-corrected chi connectivity index (χ4v) is 4.72. The van der Waals surface area contributed by atoms with Gasteiger partial charge in [0.15, 0.2) is 10.1 Å². The first kappa shape index (κ1) is 18.1. The molecule has 0 unspecified atom stereocenters. The molecule has 0 saturated heterocycles. The lowest BCUT2D eigenvalue weighted by Gasteiger charge is -2.03. The van der Waals surface area contributed by atoms with Crippen molar-refractivity contribution in [3.05, 3.63) is 70.5 Å². The highest BCUT2D eigenvalue weighted by Gasteiger charge is 2.15. The Labute approximate surface area is 165 Å². The van der Waals surface area contributed by atoms with Gasteiger partial charge in [0.2, 0.25) is 5.13 Å². The molecule has 2 aromatic carbocycles. The molecule has 0 spiro atoms. The number of hydrogen-bond acceptors (Lipinski definition) is 6. The van der Waals surface area contributed by atoms with Gasteiger partial charge >= 0.3 is 0 Å². The van der Waals surface area contributed by atoms with Crippen LogP contribution in [0.1, 0.15) is 33.5 Å². The number of fused-ring (bicyclic) bond motifs is 1. The van der Waals surface area contributed by atoms with Gasteiger partial charge in [-0.2, -0.15) is 0 Å². The van der Waals surface area contributed by atoms with Crippen LogP contribution >= 0.6 is 23.1 Å². The molecular formula is C20H18FN3OS2. The lowest BCUT2D eigenvalue weighted by atomic mass is 10.0. The van der Waals surface area contributed by atoms with Crippen molar-refractivity contribution in [2.45, 2.75) is 30.1 Å². The van der Waals surface area contributed by atoms with Crippen LogP contribution in [-0.2, 0) is 19.4 Å². The molecule has 1 N–H and O–H groups in total. The van der Waals surface area contributed by atoms with E-state index >= 15 is 0 Å². The Hall–Kier alpha value is -2.25. The Morgan fingerprint density at radius 2 is 1.93 bits per heavy atom. The second-order valence-corrected chi connectivity index (χ2v) is 8.60. The van der Waals surface area contributed by atoms with Crippen LogP contribution in [0.2, 0.25) is 0 Å². The maximum absolute atomic E-state index is 12.9. The number of anilines is 1. The second-order valence-electron chi connectivity index (χ2n) is 6.40. The summed E-state index contributed by atoms with van der Waals surface area (Å²) in [6.07, 6.45) is 3.38. The maximum atomic E-state index is 12.9. The molecule has 0 aliphatic heterocycles. The number of nitrogens with zero attached hydrogens (tertiary/aromatic N) is 2. The first-order valence-electron chi connectivity index (χ1n) is 8.77. The first-order chi connectivity index (χ1) is 13.2. The normalized spacial score (nSPS) is 12.8. The lowest BCUT2D eigenvalue weighted by molar-refractivity contribution is 0.102. The fourth-order valence-electron chi connectivity index (χ4n) is 3.08. The van der Waals surface area contributed by atoms with Crippen molar-refractivity contribution < 1.29 is 9.18 Å². The van der Waals surface area contributed by atoms with Crippen molar-refractivity contribution in [3.8, 4) is 0 Å². The van der Waals surface area contributed by atoms with Crippen LogP contribution in [0.25, 0.3) is 0 Å². The second kappa shape index (κ2) is 8.19. The highest BCUT2D eigenvalue weighted by atomic mass is 32.2. The van der Waals surface area contributed by atoms with Crippen LogP contribution in [0.3, 0.4) is 0 Å². The Kier molecular flexibility index (Phi) is 5.50. The number of aromatic nitrogens is 2. The van der Waals surface area contributed by atoms with E-state index in [4.69, 9.17) is 0 Å². The number of nitrogens with one attached hydrogen (secondary N) is 1. The summed E-state index contributed by atoms with van der Waals surface area (Å²) in [6.45, 7) is 0.549. The Balaban J connectivity index is 1.30. The summed E-state index contributed by atoms with van der Waals surface area (Å²) in [6, 6.07) is 12.4. The van der Waals surface area contributed by atoms with Gasteiger partial charge in [-0.3, -0.25) is 4.79 Å². The molecule has 1 aliphatic carbocycles. The molecule has 3 aromatic rings.